The summed E-state index contributed by atoms with van der Waals surface area (Å²) < 4.78 is 5.14. The van der Waals surface area contributed by atoms with Crippen molar-refractivity contribution < 1.29 is 14.0 Å². The van der Waals surface area contributed by atoms with Crippen LogP contribution in [-0.4, -0.2) is 59.3 Å². The minimum Gasteiger partial charge on any atom is -0.459 e. The standard InChI is InChI=1S/C18H20N4O3/c1-2-6-19-14-5-7-20-15(13-14)17(23)21-8-10-22(11-9-21)18(24)16-4-3-12-25-16/h2-5,7,12-13H,1,6,8-11H2,(H,19,20). The van der Waals surface area contributed by atoms with Crippen molar-refractivity contribution >= 4 is 17.5 Å². The largest absolute Gasteiger partial charge is 0.459 e. The van der Waals surface area contributed by atoms with Gasteiger partial charge in [-0.1, -0.05) is 6.08 Å². The molecule has 1 fully saturated rings. The molecule has 1 aliphatic rings. The predicted octanol–water partition coefficient (Wildman–Crippen LogP) is 1.87. The molecule has 3 rings (SSSR count). The van der Waals surface area contributed by atoms with Crippen molar-refractivity contribution in [1.82, 2.24) is 14.8 Å². The van der Waals surface area contributed by atoms with Crippen molar-refractivity contribution in [2.45, 2.75) is 0 Å². The SMILES string of the molecule is C=CCNc1ccnc(C(=O)N2CCN(C(=O)c3ccco3)CC2)c1. The van der Waals surface area contributed by atoms with Crippen LogP contribution in [0.1, 0.15) is 21.0 Å². The van der Waals surface area contributed by atoms with E-state index in [0.29, 0.717) is 44.2 Å². The van der Waals surface area contributed by atoms with Crippen LogP contribution in [0.2, 0.25) is 0 Å². The van der Waals surface area contributed by atoms with Crippen molar-refractivity contribution in [1.29, 1.82) is 0 Å². The number of hydrogen-bond acceptors (Lipinski definition) is 5. The third kappa shape index (κ3) is 3.88. The van der Waals surface area contributed by atoms with E-state index in [9.17, 15) is 9.59 Å². The van der Waals surface area contributed by atoms with Gasteiger partial charge in [0.2, 0.25) is 0 Å². The number of aromatic nitrogens is 1. The topological polar surface area (TPSA) is 78.7 Å². The van der Waals surface area contributed by atoms with E-state index in [2.05, 4.69) is 16.9 Å². The number of carbonyl (C=O) groups excluding carboxylic acids is 2. The highest BCUT2D eigenvalue weighted by atomic mass is 16.3. The first-order valence-corrected chi connectivity index (χ1v) is 8.12. The molecule has 0 spiro atoms. The Hall–Kier alpha value is -3.09. The van der Waals surface area contributed by atoms with E-state index >= 15 is 0 Å². The van der Waals surface area contributed by atoms with E-state index in [1.165, 1.54) is 6.26 Å². The average molecular weight is 340 g/mol. The maximum absolute atomic E-state index is 12.6. The van der Waals surface area contributed by atoms with Crippen molar-refractivity contribution in [2.75, 3.05) is 38.0 Å². The summed E-state index contributed by atoms with van der Waals surface area (Å²) in [7, 11) is 0. The van der Waals surface area contributed by atoms with Gasteiger partial charge in [0.1, 0.15) is 5.69 Å². The molecule has 130 valence electrons. The van der Waals surface area contributed by atoms with Crippen LogP contribution in [-0.2, 0) is 0 Å². The number of nitrogens with one attached hydrogen (secondary N) is 1. The molecule has 25 heavy (non-hydrogen) atoms. The Bertz CT molecular complexity index is 749. The van der Waals surface area contributed by atoms with Crippen molar-refractivity contribution in [3.8, 4) is 0 Å². The Morgan fingerprint density at radius 3 is 2.56 bits per heavy atom. The van der Waals surface area contributed by atoms with Crippen LogP contribution >= 0.6 is 0 Å². The van der Waals surface area contributed by atoms with Gasteiger partial charge in [-0.3, -0.25) is 14.6 Å². The van der Waals surface area contributed by atoms with Gasteiger partial charge >= 0.3 is 0 Å². The molecule has 2 aromatic heterocycles. The lowest BCUT2D eigenvalue weighted by molar-refractivity contribution is 0.0515. The summed E-state index contributed by atoms with van der Waals surface area (Å²) in [5.74, 6) is 0.0423. The number of pyridine rings is 1. The van der Waals surface area contributed by atoms with Gasteiger partial charge in [0, 0.05) is 44.6 Å². The fraction of sp³-hybridized carbons (Fsp3) is 0.278. The van der Waals surface area contributed by atoms with Crippen molar-refractivity contribution in [3.63, 3.8) is 0 Å². The summed E-state index contributed by atoms with van der Waals surface area (Å²) in [4.78, 5) is 32.4. The fourth-order valence-electron chi connectivity index (χ4n) is 2.68. The Morgan fingerprint density at radius 1 is 1.20 bits per heavy atom. The Kier molecular flexibility index (Phi) is 5.13. The van der Waals surface area contributed by atoms with E-state index in [1.807, 2.05) is 0 Å². The molecule has 1 saturated heterocycles. The maximum atomic E-state index is 12.6. The van der Waals surface area contributed by atoms with Gasteiger partial charge in [-0.25, -0.2) is 0 Å². The average Bonchev–Trinajstić information content (AvgIpc) is 3.20. The summed E-state index contributed by atoms with van der Waals surface area (Å²) in [5.41, 5.74) is 1.21. The van der Waals surface area contributed by atoms with Crippen LogP contribution in [0.5, 0.6) is 0 Å². The second kappa shape index (κ2) is 7.65. The zero-order valence-electron chi connectivity index (χ0n) is 13.9. The zero-order chi connectivity index (χ0) is 17.6. The minimum absolute atomic E-state index is 0.132. The fourth-order valence-corrected chi connectivity index (χ4v) is 2.68. The van der Waals surface area contributed by atoms with Gasteiger partial charge in [0.05, 0.1) is 6.26 Å². The molecule has 1 N–H and O–H groups in total. The molecule has 2 aromatic rings. The Morgan fingerprint density at radius 2 is 1.92 bits per heavy atom. The van der Waals surface area contributed by atoms with Crippen LogP contribution in [0.4, 0.5) is 5.69 Å². The van der Waals surface area contributed by atoms with E-state index in [1.54, 1.807) is 46.3 Å². The van der Waals surface area contributed by atoms with Crippen LogP contribution in [0.15, 0.2) is 53.8 Å². The van der Waals surface area contributed by atoms with E-state index in [0.717, 1.165) is 5.69 Å². The predicted molar refractivity (Wildman–Crippen MR) is 93.4 cm³/mol. The number of carbonyl (C=O) groups is 2. The normalized spacial score (nSPS) is 14.2. The lowest BCUT2D eigenvalue weighted by Crippen LogP contribution is -2.50. The first-order valence-electron chi connectivity index (χ1n) is 8.12. The molecule has 0 unspecified atom stereocenters. The highest BCUT2D eigenvalue weighted by molar-refractivity contribution is 5.94. The summed E-state index contributed by atoms with van der Waals surface area (Å²) in [6.07, 6.45) is 4.83. The number of amides is 2. The molecule has 0 saturated carbocycles. The second-order valence-corrected chi connectivity index (χ2v) is 5.66. The highest BCUT2D eigenvalue weighted by Crippen LogP contribution is 2.13. The molecular weight excluding hydrogens is 320 g/mol. The summed E-state index contributed by atoms with van der Waals surface area (Å²) >= 11 is 0. The molecule has 1 aliphatic heterocycles. The van der Waals surface area contributed by atoms with Crippen molar-refractivity contribution in [3.05, 3.63) is 60.8 Å². The molecule has 0 atom stereocenters. The van der Waals surface area contributed by atoms with Crippen LogP contribution < -0.4 is 5.32 Å². The van der Waals surface area contributed by atoms with Gasteiger partial charge < -0.3 is 19.5 Å². The smallest absolute Gasteiger partial charge is 0.289 e. The summed E-state index contributed by atoms with van der Waals surface area (Å²) in [5, 5.41) is 3.14. The lowest BCUT2D eigenvalue weighted by atomic mass is 10.2. The van der Waals surface area contributed by atoms with Crippen molar-refractivity contribution in [2.24, 2.45) is 0 Å². The molecule has 2 amide bonds. The maximum Gasteiger partial charge on any atom is 0.289 e. The van der Waals surface area contributed by atoms with Gasteiger partial charge in [-0.15, -0.1) is 6.58 Å². The second-order valence-electron chi connectivity index (χ2n) is 5.66. The number of furan rings is 1. The number of anilines is 1. The number of nitrogens with zero attached hydrogens (tertiary/aromatic N) is 3. The van der Waals surface area contributed by atoms with Crippen LogP contribution in [0.25, 0.3) is 0 Å². The number of rotatable bonds is 5. The molecule has 0 aromatic carbocycles. The van der Waals surface area contributed by atoms with Gasteiger partial charge in [0.25, 0.3) is 11.8 Å². The molecular formula is C18H20N4O3. The number of hydrogen-bond donors (Lipinski definition) is 1. The molecule has 7 heteroatoms. The monoisotopic (exact) mass is 340 g/mol. The summed E-state index contributed by atoms with van der Waals surface area (Å²) in [6, 6.07) is 6.87. The molecule has 3 heterocycles. The van der Waals surface area contributed by atoms with Crippen LogP contribution in [0, 0.1) is 0 Å². The van der Waals surface area contributed by atoms with E-state index < -0.39 is 0 Å². The quantitative estimate of drug-likeness (QED) is 0.841. The molecule has 0 bridgehead atoms. The first-order chi connectivity index (χ1) is 12.2. The molecule has 0 radical (unpaired) electrons. The van der Waals surface area contributed by atoms with Gasteiger partial charge in [0.15, 0.2) is 5.76 Å². The third-order valence-corrected chi connectivity index (χ3v) is 4.02. The zero-order valence-corrected chi connectivity index (χ0v) is 13.9. The third-order valence-electron chi connectivity index (χ3n) is 4.02. The minimum atomic E-state index is -0.147. The van der Waals surface area contributed by atoms with Crippen LogP contribution in [0.3, 0.4) is 0 Å². The Balaban J connectivity index is 1.60. The Labute approximate surface area is 145 Å². The van der Waals surface area contributed by atoms with E-state index in [-0.39, 0.29) is 11.8 Å². The lowest BCUT2D eigenvalue weighted by Gasteiger charge is -2.34. The van der Waals surface area contributed by atoms with Gasteiger partial charge in [-0.2, -0.15) is 0 Å². The number of piperazine rings is 1. The molecule has 7 nitrogen and oxygen atoms in total. The van der Waals surface area contributed by atoms with Gasteiger partial charge in [-0.05, 0) is 24.3 Å². The summed E-state index contributed by atoms with van der Waals surface area (Å²) in [6.45, 7) is 6.15. The van der Waals surface area contributed by atoms with E-state index in [4.69, 9.17) is 4.42 Å². The molecule has 0 aliphatic carbocycles. The first kappa shape index (κ1) is 16.8. The highest BCUT2D eigenvalue weighted by Gasteiger charge is 2.27.